The number of carbonyl (C=O) groups is 3. The van der Waals surface area contributed by atoms with Crippen molar-refractivity contribution in [2.75, 3.05) is 19.8 Å². The average molecular weight is 880 g/mol. The third-order valence-electron chi connectivity index (χ3n) is 8.10. The fourth-order valence-electron chi connectivity index (χ4n) is 4.69. The molecule has 62 heavy (non-hydrogen) atoms. The lowest BCUT2D eigenvalue weighted by Crippen LogP contribution is -2.34. The highest BCUT2D eigenvalue weighted by atomic mass is 31.2. The van der Waals surface area contributed by atoms with Crippen LogP contribution < -0.4 is 5.73 Å². The molecule has 0 bridgehead atoms. The fraction of sp³-hybridized carbons (Fsp3) is 0.460. The van der Waals surface area contributed by atoms with Crippen LogP contribution in [0.1, 0.15) is 117 Å². The van der Waals surface area contributed by atoms with Gasteiger partial charge in [-0.3, -0.25) is 23.4 Å². The molecule has 0 saturated carbocycles. The summed E-state index contributed by atoms with van der Waals surface area (Å²) in [4.78, 5) is 45.9. The molecule has 0 aliphatic rings. The number of ether oxygens (including phenoxy) is 2. The van der Waals surface area contributed by atoms with Crippen LogP contribution >= 0.6 is 7.82 Å². The summed E-state index contributed by atoms with van der Waals surface area (Å²) in [6, 6.07) is -1.55. The molecule has 3 unspecified atom stereocenters. The van der Waals surface area contributed by atoms with E-state index in [0.717, 1.165) is 70.6 Å². The maximum absolute atomic E-state index is 12.6. The summed E-state index contributed by atoms with van der Waals surface area (Å²) in [5.41, 5.74) is 5.32. The van der Waals surface area contributed by atoms with Gasteiger partial charge in [-0.15, -0.1) is 0 Å². The zero-order valence-corrected chi connectivity index (χ0v) is 38.0. The summed E-state index contributed by atoms with van der Waals surface area (Å²) >= 11 is 0. The van der Waals surface area contributed by atoms with Gasteiger partial charge in [0.05, 0.1) is 13.2 Å². The highest BCUT2D eigenvalue weighted by Gasteiger charge is 2.28. The summed E-state index contributed by atoms with van der Waals surface area (Å²) in [5.74, 6) is -2.62. The van der Waals surface area contributed by atoms with Crippen molar-refractivity contribution in [3.05, 3.63) is 146 Å². The van der Waals surface area contributed by atoms with Crippen LogP contribution in [0, 0.1) is 0 Å². The average Bonchev–Trinajstić information content (AvgIpc) is 3.25. The molecule has 0 amide bonds. The second kappa shape index (κ2) is 43.0. The standard InChI is InChI=1S/C50H74NO10P/c1-3-5-7-9-11-13-15-17-19-21-23-25-27-29-31-33-35-37-39-41-48(52)58-43-46(44-59-62(56,57)60-45-47(51)50(54)55)61-49(53)42-40-38-36-34-32-30-28-26-24-22-20-18-16-14-12-10-8-6-4-2/h7-14,17-20,23-26,29-32,35-38,46-47H,3-6,15-16,21-22,27-28,33-34,39-45,51H2,1-2H3,(H,54,55)(H,56,57)/b9-7+,10-8+,13-11+,14-12+,19-17+,20-18+,25-23+,26-24+,31-29+,32-30+,37-35-,38-36-. The zero-order valence-electron chi connectivity index (χ0n) is 37.1. The molecule has 0 spiro atoms. The number of esters is 2. The van der Waals surface area contributed by atoms with E-state index in [1.54, 1.807) is 0 Å². The number of aliphatic carboxylic acids is 1. The predicted molar refractivity (Wildman–Crippen MR) is 253 cm³/mol. The number of unbranched alkanes of at least 4 members (excludes halogenated alkanes) is 2. The van der Waals surface area contributed by atoms with Gasteiger partial charge < -0.3 is 25.2 Å². The third-order valence-corrected chi connectivity index (χ3v) is 9.06. The number of nitrogens with two attached hydrogens (primary N) is 1. The van der Waals surface area contributed by atoms with E-state index in [4.69, 9.17) is 24.8 Å². The summed E-state index contributed by atoms with van der Waals surface area (Å²) in [6.07, 6.45) is 60.8. The quantitative estimate of drug-likeness (QED) is 0.0233. The number of carboxylic acid groups (broad SMARTS) is 1. The number of rotatable bonds is 38. The van der Waals surface area contributed by atoms with Gasteiger partial charge >= 0.3 is 25.7 Å². The molecule has 11 nitrogen and oxygen atoms in total. The first-order chi connectivity index (χ1) is 30.1. The Morgan fingerprint density at radius 2 is 0.855 bits per heavy atom. The Bertz CT molecular complexity index is 1600. The van der Waals surface area contributed by atoms with Crippen molar-refractivity contribution in [3.63, 3.8) is 0 Å². The van der Waals surface area contributed by atoms with Crippen LogP contribution in [-0.2, 0) is 37.5 Å². The number of allylic oxidation sites excluding steroid dienone is 24. The number of phosphoric acid groups is 1. The molecule has 0 radical (unpaired) electrons. The molecule has 0 fully saturated rings. The summed E-state index contributed by atoms with van der Waals surface area (Å²) in [5, 5.41) is 8.89. The van der Waals surface area contributed by atoms with Gasteiger partial charge in [-0.2, -0.15) is 0 Å². The minimum atomic E-state index is -4.77. The molecule has 3 atom stereocenters. The van der Waals surface area contributed by atoms with Crippen molar-refractivity contribution in [1.82, 2.24) is 0 Å². The van der Waals surface area contributed by atoms with Gasteiger partial charge in [-0.1, -0.05) is 173 Å². The first kappa shape index (κ1) is 57.4. The van der Waals surface area contributed by atoms with Crippen LogP contribution in [-0.4, -0.2) is 59.9 Å². The number of phosphoric ester groups is 1. The summed E-state index contributed by atoms with van der Waals surface area (Å²) < 4.78 is 32.5. The lowest BCUT2D eigenvalue weighted by Gasteiger charge is -2.20. The van der Waals surface area contributed by atoms with E-state index in [1.807, 2.05) is 36.5 Å². The second-order valence-corrected chi connectivity index (χ2v) is 15.3. The Balaban J connectivity index is 4.65. The molecule has 0 aromatic carbocycles. The van der Waals surface area contributed by atoms with Gasteiger partial charge in [-0.25, -0.2) is 4.57 Å². The highest BCUT2D eigenvalue weighted by molar-refractivity contribution is 7.47. The number of hydrogen-bond donors (Lipinski definition) is 3. The molecule has 0 aromatic heterocycles. The Morgan fingerprint density at radius 3 is 1.26 bits per heavy atom. The second-order valence-electron chi connectivity index (χ2n) is 13.8. The van der Waals surface area contributed by atoms with Crippen LogP contribution in [0.25, 0.3) is 0 Å². The van der Waals surface area contributed by atoms with Crippen LogP contribution in [0.2, 0.25) is 0 Å². The van der Waals surface area contributed by atoms with Crippen molar-refractivity contribution < 1.29 is 47.5 Å². The molecule has 0 aromatic rings. The number of hydrogen-bond acceptors (Lipinski definition) is 9. The van der Waals surface area contributed by atoms with Gasteiger partial charge in [0.25, 0.3) is 0 Å². The molecule has 344 valence electrons. The van der Waals surface area contributed by atoms with Crippen LogP contribution in [0.5, 0.6) is 0 Å². The van der Waals surface area contributed by atoms with E-state index in [1.165, 1.54) is 0 Å². The molecular weight excluding hydrogens is 806 g/mol. The predicted octanol–water partition coefficient (Wildman–Crippen LogP) is 11.9. The van der Waals surface area contributed by atoms with E-state index in [9.17, 15) is 23.8 Å². The molecule has 4 N–H and O–H groups in total. The fourth-order valence-corrected chi connectivity index (χ4v) is 5.47. The van der Waals surface area contributed by atoms with E-state index >= 15 is 0 Å². The Morgan fingerprint density at radius 1 is 0.500 bits per heavy atom. The van der Waals surface area contributed by atoms with E-state index < -0.39 is 57.7 Å². The maximum Gasteiger partial charge on any atom is 0.472 e. The minimum Gasteiger partial charge on any atom is -0.480 e. The van der Waals surface area contributed by atoms with Crippen LogP contribution in [0.3, 0.4) is 0 Å². The SMILES string of the molecule is CCC/C=C/C=C/C/C=C/C/C=C/C/C=C/C/C=C\CCC(=O)OCC(COP(=O)(O)OCC(N)C(=O)O)OC(=O)CC/C=C\C/C=C/C/C=C/C/C=C/C/C=C/C=C/CCC. The largest absolute Gasteiger partial charge is 0.480 e. The Hall–Kier alpha value is -4.64. The summed E-state index contributed by atoms with van der Waals surface area (Å²) in [6.45, 7) is 2.46. The highest BCUT2D eigenvalue weighted by Crippen LogP contribution is 2.43. The summed E-state index contributed by atoms with van der Waals surface area (Å²) in [7, 11) is -4.77. The van der Waals surface area contributed by atoms with Gasteiger partial charge in [0, 0.05) is 12.8 Å². The number of carbonyl (C=O) groups excluding carboxylic acids is 2. The normalized spacial score (nSPS) is 15.0. The van der Waals surface area contributed by atoms with E-state index in [-0.39, 0.29) is 12.8 Å². The molecule has 0 rings (SSSR count). The minimum absolute atomic E-state index is 0.00949. The number of carboxylic acids is 1. The molecule has 0 saturated heterocycles. The topological polar surface area (TPSA) is 172 Å². The van der Waals surface area contributed by atoms with Gasteiger partial charge in [0.15, 0.2) is 6.10 Å². The van der Waals surface area contributed by atoms with E-state index in [0.29, 0.717) is 19.3 Å². The van der Waals surface area contributed by atoms with Crippen molar-refractivity contribution in [2.45, 2.75) is 129 Å². The first-order valence-corrected chi connectivity index (χ1v) is 23.4. The van der Waals surface area contributed by atoms with Gasteiger partial charge in [0.1, 0.15) is 12.6 Å². The molecule has 0 aliphatic heterocycles. The Kier molecular flexibility index (Phi) is 39.8. The maximum atomic E-state index is 12.6. The van der Waals surface area contributed by atoms with Crippen molar-refractivity contribution in [3.8, 4) is 0 Å². The van der Waals surface area contributed by atoms with Gasteiger partial charge in [-0.05, 0) is 77.0 Å². The lowest BCUT2D eigenvalue weighted by molar-refractivity contribution is -0.161. The van der Waals surface area contributed by atoms with Crippen LogP contribution in [0.4, 0.5) is 0 Å². The molecular formula is C50H74NO10P. The van der Waals surface area contributed by atoms with E-state index in [2.05, 4.69) is 128 Å². The van der Waals surface area contributed by atoms with Crippen molar-refractivity contribution >= 4 is 25.7 Å². The Labute approximate surface area is 372 Å². The first-order valence-electron chi connectivity index (χ1n) is 21.9. The van der Waals surface area contributed by atoms with Crippen LogP contribution in [0.15, 0.2) is 146 Å². The van der Waals surface area contributed by atoms with Crippen molar-refractivity contribution in [1.29, 1.82) is 0 Å². The molecule has 12 heteroatoms. The third kappa shape index (κ3) is 42.1. The van der Waals surface area contributed by atoms with Gasteiger partial charge in [0.2, 0.25) is 0 Å². The monoisotopic (exact) mass is 880 g/mol. The molecule has 0 aliphatic carbocycles. The smallest absolute Gasteiger partial charge is 0.472 e. The molecule has 0 heterocycles. The zero-order chi connectivity index (χ0) is 45.6. The lowest BCUT2D eigenvalue weighted by atomic mass is 10.2. The van der Waals surface area contributed by atoms with Crippen molar-refractivity contribution in [2.24, 2.45) is 5.73 Å².